The van der Waals surface area contributed by atoms with Crippen molar-refractivity contribution >= 4 is 5.91 Å². The van der Waals surface area contributed by atoms with E-state index < -0.39 is 11.9 Å². The first-order valence-electron chi connectivity index (χ1n) is 5.56. The lowest BCUT2D eigenvalue weighted by Crippen LogP contribution is -2.29. The van der Waals surface area contributed by atoms with Crippen LogP contribution in [0.3, 0.4) is 0 Å². The van der Waals surface area contributed by atoms with Crippen LogP contribution >= 0.6 is 0 Å². The highest BCUT2D eigenvalue weighted by molar-refractivity contribution is 5.93. The molecule has 2 unspecified atom stereocenters. The van der Waals surface area contributed by atoms with Gasteiger partial charge >= 0.3 is 0 Å². The van der Waals surface area contributed by atoms with Crippen LogP contribution in [0.1, 0.15) is 30.6 Å². The number of aromatic nitrogens is 1. The molecular weight excluding hydrogens is 223 g/mol. The molecule has 5 heteroatoms. The van der Waals surface area contributed by atoms with Crippen molar-refractivity contribution in [3.05, 3.63) is 29.8 Å². The molecule has 0 saturated carbocycles. The van der Waals surface area contributed by atoms with Crippen molar-refractivity contribution in [3.8, 4) is 0 Å². The van der Waals surface area contributed by atoms with E-state index >= 15 is 0 Å². The predicted molar refractivity (Wildman–Crippen MR) is 62.0 cm³/mol. The van der Waals surface area contributed by atoms with Crippen LogP contribution in [0.15, 0.2) is 18.5 Å². The number of nitrogens with one attached hydrogen (secondary N) is 1. The summed E-state index contributed by atoms with van der Waals surface area (Å²) in [6.45, 7) is 4.08. The molecule has 0 saturated heterocycles. The second-order valence-corrected chi connectivity index (χ2v) is 4.29. The molecule has 0 aliphatic heterocycles. The number of hydrogen-bond donors (Lipinski definition) is 2. The summed E-state index contributed by atoms with van der Waals surface area (Å²) < 4.78 is 12.8. The molecule has 0 bridgehead atoms. The Bertz CT molecular complexity index is 383. The maximum absolute atomic E-state index is 12.8. The van der Waals surface area contributed by atoms with E-state index in [0.717, 1.165) is 12.3 Å². The number of rotatable bonds is 5. The van der Waals surface area contributed by atoms with E-state index in [0.29, 0.717) is 13.0 Å². The number of amides is 1. The summed E-state index contributed by atoms with van der Waals surface area (Å²) >= 11 is 0. The van der Waals surface area contributed by atoms with E-state index in [4.69, 9.17) is 5.11 Å². The van der Waals surface area contributed by atoms with Crippen molar-refractivity contribution in [1.82, 2.24) is 10.3 Å². The molecule has 1 aromatic rings. The summed E-state index contributed by atoms with van der Waals surface area (Å²) in [5, 5.41) is 11.8. The van der Waals surface area contributed by atoms with Gasteiger partial charge in [0, 0.05) is 12.7 Å². The van der Waals surface area contributed by atoms with E-state index in [1.807, 2.05) is 6.92 Å². The van der Waals surface area contributed by atoms with Crippen molar-refractivity contribution in [2.75, 3.05) is 6.54 Å². The number of carbonyl (C=O) groups excluding carboxylic acids is 1. The minimum Gasteiger partial charge on any atom is -0.393 e. The lowest BCUT2D eigenvalue weighted by Gasteiger charge is -2.14. The average Bonchev–Trinajstić information content (AvgIpc) is 2.25. The summed E-state index contributed by atoms with van der Waals surface area (Å²) in [7, 11) is 0. The third-order valence-corrected chi connectivity index (χ3v) is 2.32. The smallest absolute Gasteiger partial charge is 0.252 e. The van der Waals surface area contributed by atoms with Crippen molar-refractivity contribution < 1.29 is 14.3 Å². The third-order valence-electron chi connectivity index (χ3n) is 2.32. The van der Waals surface area contributed by atoms with Gasteiger partial charge in [0.15, 0.2) is 0 Å². The van der Waals surface area contributed by atoms with Crippen LogP contribution in [0.2, 0.25) is 0 Å². The van der Waals surface area contributed by atoms with Gasteiger partial charge in [-0.3, -0.25) is 9.78 Å². The van der Waals surface area contributed by atoms with Crippen LogP contribution < -0.4 is 5.32 Å². The van der Waals surface area contributed by atoms with Gasteiger partial charge in [0.2, 0.25) is 0 Å². The monoisotopic (exact) mass is 240 g/mol. The molecule has 0 radical (unpaired) electrons. The lowest BCUT2D eigenvalue weighted by molar-refractivity contribution is 0.0938. The highest BCUT2D eigenvalue weighted by Gasteiger charge is 2.10. The Hall–Kier alpha value is -1.49. The zero-order chi connectivity index (χ0) is 12.8. The first-order valence-corrected chi connectivity index (χ1v) is 5.56. The maximum Gasteiger partial charge on any atom is 0.252 e. The van der Waals surface area contributed by atoms with Crippen LogP contribution in [0.25, 0.3) is 0 Å². The molecule has 1 amide bonds. The predicted octanol–water partition coefficient (Wildman–Crippen LogP) is 1.36. The highest BCUT2D eigenvalue weighted by atomic mass is 19.1. The standard InChI is InChI=1S/C12H17FN2O2/c1-8(3-9(2)16)5-15-12(17)10-4-11(13)7-14-6-10/h4,6-9,16H,3,5H2,1-2H3,(H,15,17). The van der Waals surface area contributed by atoms with Crippen molar-refractivity contribution in [2.45, 2.75) is 26.4 Å². The van der Waals surface area contributed by atoms with Crippen LogP contribution in [0.5, 0.6) is 0 Å². The summed E-state index contributed by atoms with van der Waals surface area (Å²) in [5.74, 6) is -0.718. The minimum atomic E-state index is -0.533. The largest absolute Gasteiger partial charge is 0.393 e. The minimum absolute atomic E-state index is 0.167. The van der Waals surface area contributed by atoms with Gasteiger partial charge < -0.3 is 10.4 Å². The van der Waals surface area contributed by atoms with Crippen molar-refractivity contribution in [2.24, 2.45) is 5.92 Å². The summed E-state index contributed by atoms with van der Waals surface area (Å²) in [5.41, 5.74) is 0.203. The van der Waals surface area contributed by atoms with E-state index in [-0.39, 0.29) is 17.4 Å². The second kappa shape index (κ2) is 6.30. The van der Waals surface area contributed by atoms with E-state index in [9.17, 15) is 9.18 Å². The summed E-state index contributed by atoms with van der Waals surface area (Å²) in [6.07, 6.45) is 2.59. The Morgan fingerprint density at radius 3 is 2.82 bits per heavy atom. The Labute approximate surface area is 99.9 Å². The van der Waals surface area contributed by atoms with Gasteiger partial charge in [-0.2, -0.15) is 0 Å². The van der Waals surface area contributed by atoms with Gasteiger partial charge in [-0.1, -0.05) is 6.92 Å². The quantitative estimate of drug-likeness (QED) is 0.816. The van der Waals surface area contributed by atoms with E-state index in [1.165, 1.54) is 6.20 Å². The van der Waals surface area contributed by atoms with Crippen LogP contribution in [0.4, 0.5) is 4.39 Å². The van der Waals surface area contributed by atoms with E-state index in [2.05, 4.69) is 10.3 Å². The molecule has 94 valence electrons. The Morgan fingerprint density at radius 1 is 1.53 bits per heavy atom. The number of carbonyl (C=O) groups is 1. The third kappa shape index (κ3) is 4.91. The van der Waals surface area contributed by atoms with Gasteiger partial charge in [-0.05, 0) is 25.3 Å². The molecule has 1 heterocycles. The van der Waals surface area contributed by atoms with Crippen molar-refractivity contribution in [1.29, 1.82) is 0 Å². The first kappa shape index (κ1) is 13.6. The highest BCUT2D eigenvalue weighted by Crippen LogP contribution is 2.05. The Morgan fingerprint density at radius 2 is 2.24 bits per heavy atom. The Kier molecular flexibility index (Phi) is 5.03. The number of nitrogens with zero attached hydrogens (tertiary/aromatic N) is 1. The maximum atomic E-state index is 12.8. The van der Waals surface area contributed by atoms with Gasteiger partial charge in [0.1, 0.15) is 5.82 Å². The lowest BCUT2D eigenvalue weighted by atomic mass is 10.0. The second-order valence-electron chi connectivity index (χ2n) is 4.29. The van der Waals surface area contributed by atoms with Gasteiger partial charge in [-0.25, -0.2) is 4.39 Å². The molecular formula is C12H17FN2O2. The molecule has 17 heavy (non-hydrogen) atoms. The number of halogens is 1. The van der Waals surface area contributed by atoms with Gasteiger partial charge in [-0.15, -0.1) is 0 Å². The molecule has 2 N–H and O–H groups in total. The zero-order valence-corrected chi connectivity index (χ0v) is 9.98. The first-order chi connectivity index (χ1) is 7.99. The number of hydrogen-bond acceptors (Lipinski definition) is 3. The van der Waals surface area contributed by atoms with Crippen LogP contribution in [-0.2, 0) is 0 Å². The molecule has 0 aliphatic rings. The molecule has 2 atom stereocenters. The number of pyridine rings is 1. The molecule has 0 aliphatic carbocycles. The van der Waals surface area contributed by atoms with Crippen molar-refractivity contribution in [3.63, 3.8) is 0 Å². The number of aliphatic hydroxyl groups excluding tert-OH is 1. The summed E-state index contributed by atoms with van der Waals surface area (Å²) in [6, 6.07) is 1.14. The molecule has 4 nitrogen and oxygen atoms in total. The van der Waals surface area contributed by atoms with Gasteiger partial charge in [0.05, 0.1) is 17.9 Å². The fourth-order valence-corrected chi connectivity index (χ4v) is 1.57. The van der Waals surface area contributed by atoms with Gasteiger partial charge in [0.25, 0.3) is 5.91 Å². The normalized spacial score (nSPS) is 14.1. The van der Waals surface area contributed by atoms with Crippen LogP contribution in [-0.4, -0.2) is 28.6 Å². The molecule has 0 aromatic carbocycles. The molecule has 0 spiro atoms. The van der Waals surface area contributed by atoms with E-state index in [1.54, 1.807) is 6.92 Å². The Balaban J connectivity index is 2.45. The molecule has 1 aromatic heterocycles. The number of aliphatic hydroxyl groups is 1. The SMILES string of the molecule is CC(O)CC(C)CNC(=O)c1cncc(F)c1. The average molecular weight is 240 g/mol. The molecule has 0 fully saturated rings. The fraction of sp³-hybridized carbons (Fsp3) is 0.500. The zero-order valence-electron chi connectivity index (χ0n) is 9.98. The van der Waals surface area contributed by atoms with Crippen LogP contribution in [0, 0.1) is 11.7 Å². The fourth-order valence-electron chi connectivity index (χ4n) is 1.57. The summed E-state index contributed by atoms with van der Waals surface area (Å²) in [4.78, 5) is 15.2. The topological polar surface area (TPSA) is 62.2 Å². The molecule has 1 rings (SSSR count).